The zero-order valence-electron chi connectivity index (χ0n) is 16.5. The Kier molecular flexibility index (Phi) is 6.58. The predicted molar refractivity (Wildman–Crippen MR) is 108 cm³/mol. The topological polar surface area (TPSA) is 72.9 Å². The zero-order valence-corrected chi connectivity index (χ0v) is 17.3. The molecule has 0 bridgehead atoms. The van der Waals surface area contributed by atoms with E-state index < -0.39 is 10.2 Å². The summed E-state index contributed by atoms with van der Waals surface area (Å²) in [6, 6.07) is 10.4. The van der Waals surface area contributed by atoms with Gasteiger partial charge in [0.05, 0.1) is 6.10 Å². The first-order valence-corrected chi connectivity index (χ1v) is 11.4. The Hall–Kier alpha value is -0.990. The van der Waals surface area contributed by atoms with Crippen LogP contribution in [0.3, 0.4) is 0 Å². The molecule has 0 aromatic heterocycles. The fourth-order valence-corrected chi connectivity index (χ4v) is 5.29. The lowest BCUT2D eigenvalue weighted by molar-refractivity contribution is 0.0569. The van der Waals surface area contributed by atoms with Gasteiger partial charge in [-0.25, -0.2) is 4.72 Å². The molecule has 2 N–H and O–H groups in total. The highest BCUT2D eigenvalue weighted by Gasteiger charge is 2.40. The number of benzene rings is 1. The number of nitrogens with one attached hydrogen (secondary N) is 1. The van der Waals surface area contributed by atoms with Gasteiger partial charge in [0.2, 0.25) is 0 Å². The van der Waals surface area contributed by atoms with Crippen LogP contribution in [0.4, 0.5) is 0 Å². The second-order valence-corrected chi connectivity index (χ2v) is 10.2. The maximum Gasteiger partial charge on any atom is 0.278 e. The number of nitrogens with zero attached hydrogens (tertiary/aromatic N) is 2. The van der Waals surface area contributed by atoms with Crippen LogP contribution in [0.15, 0.2) is 30.3 Å². The molecule has 0 unspecified atom stereocenters. The van der Waals surface area contributed by atoms with Crippen molar-refractivity contribution in [3.63, 3.8) is 0 Å². The molecule has 3 atom stereocenters. The minimum absolute atomic E-state index is 0.184. The first-order chi connectivity index (χ1) is 12.8. The standard InChI is InChI=1S/C20H33N3O3S/c1-22(2)27(25,26)21-16-20(17-8-4-3-5-9-17)12-10-18(19(24)11-13-20)23-14-6-7-15-23/h3-5,8-9,18-19,21,24H,6-7,10-16H2,1-2H3/t18-,19-,20-/m0/s1. The Morgan fingerprint density at radius 1 is 1.15 bits per heavy atom. The molecule has 7 heteroatoms. The maximum absolute atomic E-state index is 12.3. The molecule has 0 spiro atoms. The number of hydrogen-bond acceptors (Lipinski definition) is 4. The highest BCUT2D eigenvalue weighted by atomic mass is 32.2. The van der Waals surface area contributed by atoms with Gasteiger partial charge < -0.3 is 5.11 Å². The van der Waals surface area contributed by atoms with Crippen molar-refractivity contribution in [2.75, 3.05) is 33.7 Å². The van der Waals surface area contributed by atoms with Gasteiger partial charge in [0.15, 0.2) is 0 Å². The lowest BCUT2D eigenvalue weighted by Crippen LogP contribution is -2.45. The third kappa shape index (κ3) is 4.71. The molecule has 1 aliphatic heterocycles. The fraction of sp³-hybridized carbons (Fsp3) is 0.700. The number of aliphatic hydroxyl groups excluding tert-OH is 1. The molecule has 0 amide bonds. The van der Waals surface area contributed by atoms with Crippen molar-refractivity contribution < 1.29 is 13.5 Å². The van der Waals surface area contributed by atoms with Gasteiger partial charge in [-0.05, 0) is 57.2 Å². The van der Waals surface area contributed by atoms with Crippen LogP contribution in [0.2, 0.25) is 0 Å². The van der Waals surface area contributed by atoms with Crippen molar-refractivity contribution in [1.29, 1.82) is 0 Å². The van der Waals surface area contributed by atoms with E-state index in [2.05, 4.69) is 21.8 Å². The van der Waals surface area contributed by atoms with Crippen molar-refractivity contribution in [2.24, 2.45) is 0 Å². The zero-order chi connectivity index (χ0) is 19.5. The lowest BCUT2D eigenvalue weighted by Gasteiger charge is -2.34. The van der Waals surface area contributed by atoms with E-state index in [4.69, 9.17) is 0 Å². The summed E-state index contributed by atoms with van der Waals surface area (Å²) in [6.07, 6.45) is 5.29. The molecular formula is C20H33N3O3S. The molecule has 1 aromatic carbocycles. The van der Waals surface area contributed by atoms with Gasteiger partial charge in [-0.2, -0.15) is 12.7 Å². The molecule has 2 aliphatic rings. The number of likely N-dealkylation sites (tertiary alicyclic amines) is 1. The van der Waals surface area contributed by atoms with Gasteiger partial charge >= 0.3 is 0 Å². The summed E-state index contributed by atoms with van der Waals surface area (Å²) in [5.41, 5.74) is 0.862. The van der Waals surface area contributed by atoms with E-state index in [-0.39, 0.29) is 17.6 Å². The quantitative estimate of drug-likeness (QED) is 0.720. The smallest absolute Gasteiger partial charge is 0.278 e. The molecule has 1 aliphatic carbocycles. The summed E-state index contributed by atoms with van der Waals surface area (Å²) in [5, 5.41) is 10.8. The molecule has 0 radical (unpaired) electrons. The van der Waals surface area contributed by atoms with Crippen LogP contribution in [-0.2, 0) is 15.6 Å². The van der Waals surface area contributed by atoms with E-state index in [1.54, 1.807) is 0 Å². The third-order valence-electron chi connectivity index (χ3n) is 6.35. The molecule has 27 heavy (non-hydrogen) atoms. The van der Waals surface area contributed by atoms with Crippen LogP contribution in [0.1, 0.15) is 44.1 Å². The molecule has 6 nitrogen and oxygen atoms in total. The van der Waals surface area contributed by atoms with Crippen LogP contribution < -0.4 is 4.72 Å². The molecular weight excluding hydrogens is 362 g/mol. The number of aliphatic hydroxyl groups is 1. The normalized spacial score (nSPS) is 30.5. The molecule has 1 heterocycles. The summed E-state index contributed by atoms with van der Waals surface area (Å²) >= 11 is 0. The predicted octanol–water partition coefficient (Wildman–Crippen LogP) is 1.72. The van der Waals surface area contributed by atoms with Crippen molar-refractivity contribution in [3.8, 4) is 0 Å². The maximum atomic E-state index is 12.3. The number of hydrogen-bond donors (Lipinski definition) is 2. The first kappa shape index (κ1) is 20.7. The van der Waals surface area contributed by atoms with Crippen molar-refractivity contribution in [3.05, 3.63) is 35.9 Å². The van der Waals surface area contributed by atoms with E-state index in [1.807, 2.05) is 18.2 Å². The molecule has 152 valence electrons. The highest BCUT2D eigenvalue weighted by Crippen LogP contribution is 2.40. The Morgan fingerprint density at radius 3 is 2.41 bits per heavy atom. The van der Waals surface area contributed by atoms with E-state index in [9.17, 15) is 13.5 Å². The van der Waals surface area contributed by atoms with Gasteiger partial charge in [-0.1, -0.05) is 30.3 Å². The van der Waals surface area contributed by atoms with Crippen molar-refractivity contribution in [2.45, 2.75) is 56.1 Å². The largest absolute Gasteiger partial charge is 0.391 e. The van der Waals surface area contributed by atoms with Crippen molar-refractivity contribution in [1.82, 2.24) is 13.9 Å². The molecule has 1 saturated carbocycles. The van der Waals surface area contributed by atoms with Gasteiger partial charge in [0.1, 0.15) is 0 Å². The average Bonchev–Trinajstić information content (AvgIpc) is 3.13. The second-order valence-electron chi connectivity index (χ2n) is 8.21. The van der Waals surface area contributed by atoms with E-state index in [0.29, 0.717) is 13.0 Å². The van der Waals surface area contributed by atoms with Crippen LogP contribution in [-0.4, -0.2) is 68.6 Å². The SMILES string of the molecule is CN(C)S(=O)(=O)NC[C@@]1(c2ccccc2)CC[C@H](O)[C@@H](N2CCCC2)CC1. The average molecular weight is 396 g/mol. The monoisotopic (exact) mass is 395 g/mol. The molecule has 1 aromatic rings. The van der Waals surface area contributed by atoms with Crippen LogP contribution in [0, 0.1) is 0 Å². The summed E-state index contributed by atoms with van der Waals surface area (Å²) in [5.74, 6) is 0. The Morgan fingerprint density at radius 2 is 1.78 bits per heavy atom. The fourth-order valence-electron chi connectivity index (χ4n) is 4.57. The number of rotatable bonds is 6. The summed E-state index contributed by atoms with van der Waals surface area (Å²) in [7, 11) is -0.409. The van der Waals surface area contributed by atoms with Gasteiger partial charge in [-0.3, -0.25) is 4.90 Å². The van der Waals surface area contributed by atoms with Crippen molar-refractivity contribution >= 4 is 10.2 Å². The van der Waals surface area contributed by atoms with Crippen LogP contribution >= 0.6 is 0 Å². The first-order valence-electron chi connectivity index (χ1n) is 9.99. The van der Waals surface area contributed by atoms with E-state index in [0.717, 1.165) is 37.9 Å². The van der Waals surface area contributed by atoms with Gasteiger partial charge in [0, 0.05) is 32.1 Å². The van der Waals surface area contributed by atoms with E-state index >= 15 is 0 Å². The molecule has 3 rings (SSSR count). The lowest BCUT2D eigenvalue weighted by atomic mass is 9.74. The summed E-state index contributed by atoms with van der Waals surface area (Å²) < 4.78 is 28.7. The summed E-state index contributed by atoms with van der Waals surface area (Å²) in [4.78, 5) is 2.43. The minimum Gasteiger partial charge on any atom is -0.391 e. The van der Waals surface area contributed by atoms with Gasteiger partial charge in [-0.15, -0.1) is 0 Å². The van der Waals surface area contributed by atoms with Crippen LogP contribution in [0.5, 0.6) is 0 Å². The van der Waals surface area contributed by atoms with Crippen LogP contribution in [0.25, 0.3) is 0 Å². The molecule has 1 saturated heterocycles. The minimum atomic E-state index is -3.49. The van der Waals surface area contributed by atoms with Gasteiger partial charge in [0.25, 0.3) is 10.2 Å². The van der Waals surface area contributed by atoms with E-state index in [1.165, 1.54) is 31.2 Å². The Balaban J connectivity index is 1.84. The Bertz CT molecular complexity index is 704. The highest BCUT2D eigenvalue weighted by molar-refractivity contribution is 7.87. The summed E-state index contributed by atoms with van der Waals surface area (Å²) in [6.45, 7) is 2.48. The third-order valence-corrected chi connectivity index (χ3v) is 7.82. The second kappa shape index (κ2) is 8.57. The molecule has 2 fully saturated rings. The Labute approximate surface area is 163 Å².